The van der Waals surface area contributed by atoms with Gasteiger partial charge in [-0.3, -0.25) is 14.4 Å². The standard InChI is InChI=1S/C23H17BrF3N3O4S/c1-34-22(33)19-18(12-5-4-6-13(24)9-12)14(10-28)21(30-20(19)32)35-11-17(31)29-16-8-3-2-7-15(16)23(25,26)27/h2-9,18-19H,11H2,1H3,(H,29,31)(H,30,32)/t18-,19-/m1/s1. The molecule has 0 saturated carbocycles. The minimum Gasteiger partial charge on any atom is -0.468 e. The van der Waals surface area contributed by atoms with Crippen LogP contribution in [0.15, 0.2) is 63.6 Å². The zero-order valence-corrected chi connectivity index (χ0v) is 20.4. The Morgan fingerprint density at radius 3 is 2.57 bits per heavy atom. The molecule has 2 N–H and O–H groups in total. The van der Waals surface area contributed by atoms with E-state index >= 15 is 0 Å². The van der Waals surface area contributed by atoms with Gasteiger partial charge in [-0.05, 0) is 29.8 Å². The van der Waals surface area contributed by atoms with Gasteiger partial charge in [-0.1, -0.05) is 52.0 Å². The molecular weight excluding hydrogens is 551 g/mol. The van der Waals surface area contributed by atoms with Crippen LogP contribution in [-0.2, 0) is 25.3 Å². The number of carbonyl (C=O) groups excluding carboxylic acids is 3. The molecule has 0 bridgehead atoms. The highest BCUT2D eigenvalue weighted by atomic mass is 79.9. The number of allylic oxidation sites excluding steroid dienone is 1. The van der Waals surface area contributed by atoms with Gasteiger partial charge in [-0.2, -0.15) is 18.4 Å². The van der Waals surface area contributed by atoms with E-state index in [9.17, 15) is 32.8 Å². The van der Waals surface area contributed by atoms with Gasteiger partial charge < -0.3 is 15.4 Å². The summed E-state index contributed by atoms with van der Waals surface area (Å²) in [4.78, 5) is 37.7. The van der Waals surface area contributed by atoms with E-state index in [1.807, 2.05) is 6.07 Å². The number of nitrogens with zero attached hydrogens (tertiary/aromatic N) is 1. The first kappa shape index (κ1) is 26.3. The lowest BCUT2D eigenvalue weighted by molar-refractivity contribution is -0.150. The summed E-state index contributed by atoms with van der Waals surface area (Å²) in [6.45, 7) is 0. The fourth-order valence-corrected chi connectivity index (χ4v) is 4.81. The van der Waals surface area contributed by atoms with Gasteiger partial charge in [0.1, 0.15) is 5.92 Å². The molecule has 7 nitrogen and oxygen atoms in total. The van der Waals surface area contributed by atoms with Crippen molar-refractivity contribution >= 4 is 51.2 Å². The fraction of sp³-hybridized carbons (Fsp3) is 0.217. The Morgan fingerprint density at radius 1 is 1.23 bits per heavy atom. The zero-order valence-electron chi connectivity index (χ0n) is 18.0. The summed E-state index contributed by atoms with van der Waals surface area (Å²) in [7, 11) is 1.12. The molecule has 2 amide bonds. The summed E-state index contributed by atoms with van der Waals surface area (Å²) in [6, 6.07) is 13.2. The van der Waals surface area contributed by atoms with Crippen molar-refractivity contribution in [1.82, 2.24) is 5.32 Å². The second-order valence-corrected chi connectivity index (χ2v) is 9.16. The Morgan fingerprint density at radius 2 is 1.94 bits per heavy atom. The normalized spacial score (nSPS) is 17.9. The summed E-state index contributed by atoms with van der Waals surface area (Å²) >= 11 is 4.09. The molecule has 0 spiro atoms. The van der Waals surface area contributed by atoms with E-state index in [1.165, 1.54) is 12.1 Å². The SMILES string of the molecule is COC(=O)[C@H]1C(=O)NC(SCC(=O)Nc2ccccc2C(F)(F)F)=C(C#N)[C@H]1c1cccc(Br)c1. The van der Waals surface area contributed by atoms with Crippen LogP contribution in [0, 0.1) is 17.2 Å². The molecule has 2 aromatic carbocycles. The van der Waals surface area contributed by atoms with Crippen LogP contribution in [0.1, 0.15) is 17.0 Å². The Hall–Kier alpha value is -3.30. The van der Waals surface area contributed by atoms with E-state index in [4.69, 9.17) is 4.74 Å². The first-order valence-corrected chi connectivity index (χ1v) is 11.7. The number of alkyl halides is 3. The molecule has 3 rings (SSSR count). The Bertz CT molecular complexity index is 1240. The summed E-state index contributed by atoms with van der Waals surface area (Å²) in [5, 5.41) is 14.6. The number of hydrogen-bond acceptors (Lipinski definition) is 6. The molecule has 1 aliphatic heterocycles. The summed E-state index contributed by atoms with van der Waals surface area (Å²) in [5.74, 6) is -5.09. The van der Waals surface area contributed by atoms with E-state index in [0.29, 0.717) is 10.0 Å². The summed E-state index contributed by atoms with van der Waals surface area (Å²) in [5.41, 5.74) is -0.906. The summed E-state index contributed by atoms with van der Waals surface area (Å²) < 4.78 is 45.0. The molecule has 0 aromatic heterocycles. The van der Waals surface area contributed by atoms with Crippen LogP contribution < -0.4 is 10.6 Å². The number of carbonyl (C=O) groups is 3. The number of anilines is 1. The third-order valence-corrected chi connectivity index (χ3v) is 6.56. The third kappa shape index (κ3) is 6.04. The lowest BCUT2D eigenvalue weighted by Crippen LogP contribution is -2.44. The van der Waals surface area contributed by atoms with Crippen molar-refractivity contribution < 1.29 is 32.3 Å². The molecule has 0 saturated heterocycles. The number of methoxy groups -OCH3 is 1. The van der Waals surface area contributed by atoms with E-state index in [2.05, 4.69) is 26.6 Å². The van der Waals surface area contributed by atoms with Gasteiger partial charge in [0.25, 0.3) is 0 Å². The highest BCUT2D eigenvalue weighted by Gasteiger charge is 2.44. The molecule has 12 heteroatoms. The Balaban J connectivity index is 1.90. The van der Waals surface area contributed by atoms with Crippen molar-refractivity contribution in [2.45, 2.75) is 12.1 Å². The topological polar surface area (TPSA) is 108 Å². The molecular formula is C23H17BrF3N3O4S. The van der Waals surface area contributed by atoms with Gasteiger partial charge in [0.05, 0.1) is 40.8 Å². The predicted octanol–water partition coefficient (Wildman–Crippen LogP) is 4.58. The Labute approximate surface area is 210 Å². The van der Waals surface area contributed by atoms with Crippen LogP contribution in [0.5, 0.6) is 0 Å². The van der Waals surface area contributed by atoms with E-state index < -0.39 is 52.8 Å². The lowest BCUT2D eigenvalue weighted by atomic mass is 9.78. The molecule has 182 valence electrons. The fourth-order valence-electron chi connectivity index (χ4n) is 3.54. The van der Waals surface area contributed by atoms with Gasteiger partial charge in [0, 0.05) is 10.4 Å². The molecule has 2 aromatic rings. The van der Waals surface area contributed by atoms with Gasteiger partial charge in [0.2, 0.25) is 11.8 Å². The molecule has 0 fully saturated rings. The third-order valence-electron chi connectivity index (χ3n) is 5.05. The predicted molar refractivity (Wildman–Crippen MR) is 126 cm³/mol. The maximum atomic E-state index is 13.2. The second-order valence-electron chi connectivity index (χ2n) is 7.26. The number of nitrogens with one attached hydrogen (secondary N) is 2. The van der Waals surface area contributed by atoms with E-state index in [1.54, 1.807) is 24.3 Å². The first-order chi connectivity index (χ1) is 16.6. The van der Waals surface area contributed by atoms with E-state index in [0.717, 1.165) is 31.0 Å². The number of para-hydroxylation sites is 1. The van der Waals surface area contributed by atoms with Crippen molar-refractivity contribution in [2.24, 2.45) is 5.92 Å². The minimum atomic E-state index is -4.66. The number of ether oxygens (including phenoxy) is 1. The van der Waals surface area contributed by atoms with Crippen LogP contribution in [0.2, 0.25) is 0 Å². The van der Waals surface area contributed by atoms with Gasteiger partial charge in [-0.15, -0.1) is 0 Å². The largest absolute Gasteiger partial charge is 0.468 e. The lowest BCUT2D eigenvalue weighted by Gasteiger charge is -2.31. The second kappa shape index (κ2) is 11.0. The number of amides is 2. The number of thioether (sulfide) groups is 1. The number of nitriles is 1. The number of benzene rings is 2. The van der Waals surface area contributed by atoms with Crippen molar-refractivity contribution in [3.8, 4) is 6.07 Å². The molecule has 0 unspecified atom stereocenters. The van der Waals surface area contributed by atoms with Crippen LogP contribution >= 0.6 is 27.7 Å². The van der Waals surface area contributed by atoms with Crippen LogP contribution in [0.25, 0.3) is 0 Å². The highest BCUT2D eigenvalue weighted by Crippen LogP contribution is 2.41. The maximum Gasteiger partial charge on any atom is 0.418 e. The summed E-state index contributed by atoms with van der Waals surface area (Å²) in [6.07, 6.45) is -4.66. The minimum absolute atomic E-state index is 0.0200. The van der Waals surface area contributed by atoms with Crippen molar-refractivity contribution in [1.29, 1.82) is 5.26 Å². The average molecular weight is 568 g/mol. The molecule has 1 heterocycles. The monoisotopic (exact) mass is 567 g/mol. The van der Waals surface area contributed by atoms with Crippen molar-refractivity contribution in [2.75, 3.05) is 18.2 Å². The van der Waals surface area contributed by atoms with Gasteiger partial charge in [-0.25, -0.2) is 0 Å². The smallest absolute Gasteiger partial charge is 0.418 e. The van der Waals surface area contributed by atoms with Crippen LogP contribution in [0.3, 0.4) is 0 Å². The quantitative estimate of drug-likeness (QED) is 0.391. The van der Waals surface area contributed by atoms with Crippen molar-refractivity contribution in [3.63, 3.8) is 0 Å². The van der Waals surface area contributed by atoms with Crippen molar-refractivity contribution in [3.05, 3.63) is 74.7 Å². The number of hydrogen-bond donors (Lipinski definition) is 2. The number of rotatable bonds is 6. The maximum absolute atomic E-state index is 13.2. The number of esters is 1. The molecule has 1 aliphatic rings. The van der Waals surface area contributed by atoms with Gasteiger partial charge >= 0.3 is 12.1 Å². The van der Waals surface area contributed by atoms with Crippen LogP contribution in [0.4, 0.5) is 18.9 Å². The molecule has 0 radical (unpaired) electrons. The molecule has 2 atom stereocenters. The van der Waals surface area contributed by atoms with Crippen LogP contribution in [-0.4, -0.2) is 30.6 Å². The first-order valence-electron chi connectivity index (χ1n) is 9.94. The Kier molecular flexibility index (Phi) is 8.24. The highest BCUT2D eigenvalue weighted by molar-refractivity contribution is 9.10. The van der Waals surface area contributed by atoms with Gasteiger partial charge in [0.15, 0.2) is 0 Å². The molecule has 0 aliphatic carbocycles. The number of halogens is 4. The zero-order chi connectivity index (χ0) is 25.8. The molecule has 35 heavy (non-hydrogen) atoms. The average Bonchev–Trinajstić information content (AvgIpc) is 2.81. The van der Waals surface area contributed by atoms with E-state index in [-0.39, 0.29) is 10.6 Å².